The first-order valence-electron chi connectivity index (χ1n) is 8.11. The lowest BCUT2D eigenvalue weighted by Gasteiger charge is -2.35. The molecule has 1 atom stereocenters. The van der Waals surface area contributed by atoms with E-state index in [1.54, 1.807) is 12.1 Å². The van der Waals surface area contributed by atoms with Crippen LogP contribution in [-0.2, 0) is 9.59 Å². The van der Waals surface area contributed by atoms with Crippen LogP contribution in [0.15, 0.2) is 24.3 Å². The summed E-state index contributed by atoms with van der Waals surface area (Å²) in [5, 5.41) is 5.66. The summed E-state index contributed by atoms with van der Waals surface area (Å²) in [6.07, 6.45) is 2.63. The Labute approximate surface area is 141 Å². The van der Waals surface area contributed by atoms with Gasteiger partial charge >= 0.3 is 0 Å². The number of thioether (sulfide) groups is 1. The molecule has 124 valence electrons. The van der Waals surface area contributed by atoms with E-state index in [4.69, 9.17) is 0 Å². The fraction of sp³-hybridized carbons (Fsp3) is 0.529. The Kier molecular flexibility index (Phi) is 5.23. The number of nitrogens with zero attached hydrogens (tertiary/aromatic N) is 1. The first-order chi connectivity index (χ1) is 11.1. The van der Waals surface area contributed by atoms with Crippen molar-refractivity contribution in [1.82, 2.24) is 4.90 Å². The average molecular weight is 333 g/mol. The Morgan fingerprint density at radius 3 is 2.43 bits per heavy atom. The molecule has 1 saturated carbocycles. The number of carbonyl (C=O) groups is 2. The zero-order valence-electron chi connectivity index (χ0n) is 13.4. The lowest BCUT2D eigenvalue weighted by molar-refractivity contribution is -0.118. The molecule has 1 heterocycles. The fourth-order valence-electron chi connectivity index (χ4n) is 2.99. The Morgan fingerprint density at radius 1 is 1.17 bits per heavy atom. The molecule has 1 aliphatic carbocycles. The van der Waals surface area contributed by atoms with E-state index in [9.17, 15) is 9.59 Å². The Morgan fingerprint density at radius 2 is 1.83 bits per heavy atom. The Balaban J connectivity index is 1.53. The van der Waals surface area contributed by atoms with Crippen molar-refractivity contribution in [2.75, 3.05) is 35.2 Å². The number of anilines is 2. The second-order valence-corrected chi connectivity index (χ2v) is 7.41. The molecule has 1 aromatic rings. The third-order valence-corrected chi connectivity index (χ3v) is 5.33. The maximum atomic E-state index is 12.3. The molecule has 23 heavy (non-hydrogen) atoms. The minimum absolute atomic E-state index is 0.0369. The van der Waals surface area contributed by atoms with Crippen molar-refractivity contribution in [2.24, 2.45) is 5.92 Å². The number of benzene rings is 1. The van der Waals surface area contributed by atoms with E-state index in [-0.39, 0.29) is 11.8 Å². The van der Waals surface area contributed by atoms with Crippen molar-refractivity contribution in [2.45, 2.75) is 25.8 Å². The summed E-state index contributed by atoms with van der Waals surface area (Å²) in [6.45, 7) is 2.94. The summed E-state index contributed by atoms with van der Waals surface area (Å²) >= 11 is 2.00. The molecule has 0 radical (unpaired) electrons. The van der Waals surface area contributed by atoms with Gasteiger partial charge in [0.2, 0.25) is 11.8 Å². The van der Waals surface area contributed by atoms with Crippen molar-refractivity contribution in [3.63, 3.8) is 0 Å². The third-order valence-electron chi connectivity index (χ3n) is 4.28. The second-order valence-electron chi connectivity index (χ2n) is 6.26. The predicted octanol–water partition coefficient (Wildman–Crippen LogP) is 2.41. The summed E-state index contributed by atoms with van der Waals surface area (Å²) in [4.78, 5) is 25.6. The van der Waals surface area contributed by atoms with Crippen molar-refractivity contribution >= 4 is 35.0 Å². The van der Waals surface area contributed by atoms with Crippen LogP contribution in [0.25, 0.3) is 0 Å². The van der Waals surface area contributed by atoms with Crippen LogP contribution in [0.3, 0.4) is 0 Å². The zero-order valence-corrected chi connectivity index (χ0v) is 14.2. The van der Waals surface area contributed by atoms with Crippen molar-refractivity contribution in [3.8, 4) is 0 Å². The quantitative estimate of drug-likeness (QED) is 0.869. The maximum absolute atomic E-state index is 12.3. The predicted molar refractivity (Wildman–Crippen MR) is 94.8 cm³/mol. The molecule has 1 aromatic carbocycles. The maximum Gasteiger partial charge on any atom is 0.238 e. The topological polar surface area (TPSA) is 61.4 Å². The number of amides is 2. The van der Waals surface area contributed by atoms with E-state index in [2.05, 4.69) is 15.5 Å². The molecule has 2 N–H and O–H groups in total. The number of nitrogens with one attached hydrogen (secondary N) is 2. The van der Waals surface area contributed by atoms with Gasteiger partial charge in [-0.25, -0.2) is 0 Å². The van der Waals surface area contributed by atoms with Crippen LogP contribution in [-0.4, -0.2) is 47.4 Å². The van der Waals surface area contributed by atoms with Crippen LogP contribution in [0, 0.1) is 5.92 Å². The van der Waals surface area contributed by atoms with Gasteiger partial charge in [-0.15, -0.1) is 0 Å². The smallest absolute Gasteiger partial charge is 0.238 e. The van der Waals surface area contributed by atoms with Gasteiger partial charge in [-0.05, 0) is 43.0 Å². The van der Waals surface area contributed by atoms with Crippen LogP contribution in [0.2, 0.25) is 0 Å². The fourth-order valence-corrected chi connectivity index (χ4v) is 4.25. The highest BCUT2D eigenvalue weighted by atomic mass is 32.2. The molecule has 0 bridgehead atoms. The first kappa shape index (κ1) is 16.3. The number of carbonyl (C=O) groups excluding carboxylic acids is 2. The van der Waals surface area contributed by atoms with Gasteiger partial charge in [-0.3, -0.25) is 14.5 Å². The van der Waals surface area contributed by atoms with Crippen LogP contribution < -0.4 is 10.6 Å². The molecule has 0 aromatic heterocycles. The minimum atomic E-state index is -0.101. The Hall–Kier alpha value is -1.53. The number of rotatable bonds is 5. The van der Waals surface area contributed by atoms with E-state index < -0.39 is 0 Å². The summed E-state index contributed by atoms with van der Waals surface area (Å²) < 4.78 is 0. The van der Waals surface area contributed by atoms with Crippen LogP contribution in [0.4, 0.5) is 11.4 Å². The lowest BCUT2D eigenvalue weighted by Crippen LogP contribution is -2.47. The van der Waals surface area contributed by atoms with Gasteiger partial charge in [0.25, 0.3) is 0 Å². The van der Waals surface area contributed by atoms with E-state index in [1.807, 2.05) is 23.9 Å². The number of hydrogen-bond donors (Lipinski definition) is 2. The monoisotopic (exact) mass is 333 g/mol. The highest BCUT2D eigenvalue weighted by Gasteiger charge is 2.37. The average Bonchev–Trinajstić information content (AvgIpc) is 3.34. The molecule has 2 fully saturated rings. The van der Waals surface area contributed by atoms with Crippen molar-refractivity contribution in [1.29, 1.82) is 0 Å². The van der Waals surface area contributed by atoms with Gasteiger partial charge in [0.05, 0.1) is 6.54 Å². The van der Waals surface area contributed by atoms with Gasteiger partial charge in [-0.2, -0.15) is 11.8 Å². The molecular formula is C17H23N3O2S. The third kappa shape index (κ3) is 4.72. The minimum Gasteiger partial charge on any atom is -0.326 e. The van der Waals surface area contributed by atoms with Gasteiger partial charge in [0, 0.05) is 42.4 Å². The highest BCUT2D eigenvalue weighted by molar-refractivity contribution is 7.99. The standard InChI is InChI=1S/C17H23N3O2S/c1-12(21)18-14-4-6-15(7-5-14)19-17(22)10-20-8-9-23-11-16(20)13-2-3-13/h4-7,13,16H,2-3,8-11H2,1H3,(H,18,21)(H,19,22)/t16-/m1/s1. The highest BCUT2D eigenvalue weighted by Crippen LogP contribution is 2.38. The van der Waals surface area contributed by atoms with Crippen LogP contribution in [0.1, 0.15) is 19.8 Å². The molecule has 5 nitrogen and oxygen atoms in total. The summed E-state index contributed by atoms with van der Waals surface area (Å²) in [5.74, 6) is 3.00. The molecule has 1 saturated heterocycles. The summed E-state index contributed by atoms with van der Waals surface area (Å²) in [7, 11) is 0. The SMILES string of the molecule is CC(=O)Nc1ccc(NC(=O)CN2CCSC[C@@H]2C2CC2)cc1. The zero-order chi connectivity index (χ0) is 16.2. The van der Waals surface area contributed by atoms with Gasteiger partial charge < -0.3 is 10.6 Å². The molecule has 1 aliphatic heterocycles. The van der Waals surface area contributed by atoms with E-state index in [0.29, 0.717) is 12.6 Å². The molecule has 0 spiro atoms. The lowest BCUT2D eigenvalue weighted by atomic mass is 10.1. The molecule has 2 aliphatic rings. The van der Waals surface area contributed by atoms with Gasteiger partial charge in [0.1, 0.15) is 0 Å². The molecule has 0 unspecified atom stereocenters. The summed E-state index contributed by atoms with van der Waals surface area (Å²) in [5.41, 5.74) is 1.50. The summed E-state index contributed by atoms with van der Waals surface area (Å²) in [6, 6.07) is 7.78. The molecule has 3 rings (SSSR count). The molecule has 6 heteroatoms. The van der Waals surface area contributed by atoms with Gasteiger partial charge in [-0.1, -0.05) is 0 Å². The van der Waals surface area contributed by atoms with E-state index >= 15 is 0 Å². The van der Waals surface area contributed by atoms with E-state index in [0.717, 1.165) is 35.3 Å². The van der Waals surface area contributed by atoms with Crippen LogP contribution >= 0.6 is 11.8 Å². The second kappa shape index (κ2) is 7.36. The Bertz CT molecular complexity index is 572. The number of hydrogen-bond acceptors (Lipinski definition) is 4. The van der Waals surface area contributed by atoms with Crippen molar-refractivity contribution in [3.05, 3.63) is 24.3 Å². The van der Waals surface area contributed by atoms with Gasteiger partial charge in [0.15, 0.2) is 0 Å². The van der Waals surface area contributed by atoms with Crippen LogP contribution in [0.5, 0.6) is 0 Å². The molecular weight excluding hydrogens is 310 g/mol. The van der Waals surface area contributed by atoms with Crippen molar-refractivity contribution < 1.29 is 9.59 Å². The largest absolute Gasteiger partial charge is 0.326 e. The molecule has 2 amide bonds. The first-order valence-corrected chi connectivity index (χ1v) is 9.26. The van der Waals surface area contributed by atoms with E-state index in [1.165, 1.54) is 19.8 Å². The normalized spacial score (nSPS) is 21.7.